The van der Waals surface area contributed by atoms with E-state index in [1.54, 1.807) is 22.2 Å². The third-order valence-electron chi connectivity index (χ3n) is 2.62. The van der Waals surface area contributed by atoms with Crippen molar-refractivity contribution >= 4 is 17.3 Å². The van der Waals surface area contributed by atoms with Crippen molar-refractivity contribution < 1.29 is 9.90 Å². The molecule has 2 rings (SSSR count). The van der Waals surface area contributed by atoms with Crippen molar-refractivity contribution in [3.05, 3.63) is 27.5 Å². The minimum Gasteiger partial charge on any atom is -0.476 e. The highest BCUT2D eigenvalue weighted by Gasteiger charge is 2.29. The van der Waals surface area contributed by atoms with Gasteiger partial charge in [-0.1, -0.05) is 26.0 Å². The van der Waals surface area contributed by atoms with Gasteiger partial charge in [0.05, 0.1) is 17.2 Å². The minimum atomic E-state index is -1.04. The fourth-order valence-electron chi connectivity index (χ4n) is 1.94. The summed E-state index contributed by atoms with van der Waals surface area (Å²) >= 11 is 1.57. The number of hydrogen-bond acceptors (Lipinski definition) is 5. The molecule has 2 aromatic rings. The maximum atomic E-state index is 11.2. The van der Waals surface area contributed by atoms with Crippen LogP contribution in [0.4, 0.5) is 0 Å². The van der Waals surface area contributed by atoms with E-state index < -0.39 is 5.97 Å². The van der Waals surface area contributed by atoms with Crippen LogP contribution in [0.5, 0.6) is 0 Å². The lowest BCUT2D eigenvalue weighted by Crippen LogP contribution is -2.22. The van der Waals surface area contributed by atoms with Crippen LogP contribution in [0.2, 0.25) is 0 Å². The molecule has 0 aliphatic carbocycles. The van der Waals surface area contributed by atoms with Gasteiger partial charge < -0.3 is 5.11 Å². The van der Waals surface area contributed by atoms with Crippen LogP contribution < -0.4 is 0 Å². The third-order valence-corrected chi connectivity index (χ3v) is 3.52. The second-order valence-electron chi connectivity index (χ2n) is 5.35. The zero-order valence-corrected chi connectivity index (χ0v) is 12.2. The molecule has 2 aromatic heterocycles. The summed E-state index contributed by atoms with van der Waals surface area (Å²) in [6, 6.07) is 0. The SMILES string of the molecule is Cc1ncc(Cn2nnc(C(=O)O)c2C(C)(C)C)s1. The standard InChI is InChI=1S/C12H16N4O2S/c1-7-13-5-8(19-7)6-16-10(12(2,3)4)9(11(17)18)14-15-16/h5H,6H2,1-4H3,(H,17,18). The Bertz CT molecular complexity index is 610. The van der Waals surface area contributed by atoms with Gasteiger partial charge in [0, 0.05) is 16.5 Å². The molecule has 2 heterocycles. The van der Waals surface area contributed by atoms with Gasteiger partial charge in [0.15, 0.2) is 5.69 Å². The zero-order chi connectivity index (χ0) is 14.2. The topological polar surface area (TPSA) is 80.9 Å². The highest BCUT2D eigenvalue weighted by molar-refractivity contribution is 7.11. The van der Waals surface area contributed by atoms with E-state index in [1.165, 1.54) is 0 Å². The highest BCUT2D eigenvalue weighted by Crippen LogP contribution is 2.26. The number of thiazole rings is 1. The first-order valence-corrected chi connectivity index (χ1v) is 6.69. The van der Waals surface area contributed by atoms with Crippen LogP contribution in [0.15, 0.2) is 6.20 Å². The number of aryl methyl sites for hydroxylation is 1. The lowest BCUT2D eigenvalue weighted by molar-refractivity contribution is 0.0687. The Morgan fingerprint density at radius 2 is 2.16 bits per heavy atom. The minimum absolute atomic E-state index is 0.0220. The Morgan fingerprint density at radius 1 is 1.47 bits per heavy atom. The molecule has 0 aromatic carbocycles. The molecule has 0 saturated heterocycles. The maximum Gasteiger partial charge on any atom is 0.358 e. The monoisotopic (exact) mass is 280 g/mol. The smallest absolute Gasteiger partial charge is 0.358 e. The van der Waals surface area contributed by atoms with Gasteiger partial charge in [-0.3, -0.25) is 0 Å². The predicted molar refractivity (Wildman–Crippen MR) is 71.6 cm³/mol. The average Bonchev–Trinajstić information content (AvgIpc) is 2.84. The molecule has 7 heteroatoms. The molecule has 102 valence electrons. The third kappa shape index (κ3) is 2.81. The van der Waals surface area contributed by atoms with E-state index >= 15 is 0 Å². The lowest BCUT2D eigenvalue weighted by atomic mass is 9.90. The quantitative estimate of drug-likeness (QED) is 0.931. The van der Waals surface area contributed by atoms with Gasteiger partial charge in [-0.25, -0.2) is 14.5 Å². The Labute approximate surface area is 115 Å². The average molecular weight is 280 g/mol. The number of nitrogens with zero attached hydrogens (tertiary/aromatic N) is 4. The molecule has 0 radical (unpaired) electrons. The summed E-state index contributed by atoms with van der Waals surface area (Å²) in [5, 5.41) is 17.9. The molecule has 0 amide bonds. The molecule has 19 heavy (non-hydrogen) atoms. The first kappa shape index (κ1) is 13.7. The predicted octanol–water partition coefficient (Wildman–Crippen LogP) is 2.09. The Balaban J connectivity index is 2.43. The number of aromatic carboxylic acids is 1. The van der Waals surface area contributed by atoms with E-state index in [9.17, 15) is 9.90 Å². The summed E-state index contributed by atoms with van der Waals surface area (Å²) < 4.78 is 1.65. The van der Waals surface area contributed by atoms with Gasteiger partial charge in [-0.05, 0) is 6.92 Å². The number of aromatic nitrogens is 4. The van der Waals surface area contributed by atoms with Gasteiger partial charge in [0.2, 0.25) is 0 Å². The number of carboxylic acids is 1. The van der Waals surface area contributed by atoms with Crippen molar-refractivity contribution in [3.8, 4) is 0 Å². The summed E-state index contributed by atoms with van der Waals surface area (Å²) in [4.78, 5) is 16.4. The number of carbonyl (C=O) groups is 1. The maximum absolute atomic E-state index is 11.2. The Hall–Kier alpha value is -1.76. The van der Waals surface area contributed by atoms with Crippen molar-refractivity contribution in [2.24, 2.45) is 0 Å². The Kier molecular flexibility index (Phi) is 3.40. The number of hydrogen-bond donors (Lipinski definition) is 1. The highest BCUT2D eigenvalue weighted by atomic mass is 32.1. The first-order chi connectivity index (χ1) is 8.79. The van der Waals surface area contributed by atoms with Crippen molar-refractivity contribution in [1.29, 1.82) is 0 Å². The summed E-state index contributed by atoms with van der Waals surface area (Å²) in [6.07, 6.45) is 1.79. The number of rotatable bonds is 3. The van der Waals surface area contributed by atoms with Crippen LogP contribution in [0, 0.1) is 6.92 Å². The molecule has 0 fully saturated rings. The van der Waals surface area contributed by atoms with E-state index in [1.807, 2.05) is 27.7 Å². The van der Waals surface area contributed by atoms with Gasteiger partial charge in [0.1, 0.15) is 0 Å². The number of carboxylic acid groups (broad SMARTS) is 1. The second kappa shape index (κ2) is 4.73. The molecule has 0 bridgehead atoms. The van der Waals surface area contributed by atoms with Gasteiger partial charge in [-0.2, -0.15) is 0 Å². The fourth-order valence-corrected chi connectivity index (χ4v) is 2.71. The van der Waals surface area contributed by atoms with Gasteiger partial charge >= 0.3 is 5.97 Å². The molecular formula is C12H16N4O2S. The summed E-state index contributed by atoms with van der Waals surface area (Å²) in [5.74, 6) is -1.04. The molecule has 0 unspecified atom stereocenters. The van der Waals surface area contributed by atoms with Crippen LogP contribution in [-0.2, 0) is 12.0 Å². The Morgan fingerprint density at radius 3 is 2.63 bits per heavy atom. The van der Waals surface area contributed by atoms with Crippen LogP contribution in [0.1, 0.15) is 46.8 Å². The molecule has 0 atom stereocenters. The van der Waals surface area contributed by atoms with Crippen LogP contribution >= 0.6 is 11.3 Å². The van der Waals surface area contributed by atoms with Crippen molar-refractivity contribution in [2.45, 2.75) is 39.7 Å². The van der Waals surface area contributed by atoms with Crippen LogP contribution in [0.25, 0.3) is 0 Å². The fraction of sp³-hybridized carbons (Fsp3) is 0.500. The van der Waals surface area contributed by atoms with Crippen LogP contribution in [-0.4, -0.2) is 31.1 Å². The van der Waals surface area contributed by atoms with Gasteiger partial charge in [-0.15, -0.1) is 16.4 Å². The molecule has 6 nitrogen and oxygen atoms in total. The molecular weight excluding hydrogens is 264 g/mol. The van der Waals surface area contributed by atoms with E-state index in [2.05, 4.69) is 15.3 Å². The summed E-state index contributed by atoms with van der Waals surface area (Å²) in [5.41, 5.74) is 0.316. The largest absolute Gasteiger partial charge is 0.476 e. The zero-order valence-electron chi connectivity index (χ0n) is 11.3. The second-order valence-corrected chi connectivity index (χ2v) is 6.66. The van der Waals surface area contributed by atoms with E-state index in [4.69, 9.17) is 0 Å². The van der Waals surface area contributed by atoms with E-state index in [-0.39, 0.29) is 11.1 Å². The van der Waals surface area contributed by atoms with Gasteiger partial charge in [0.25, 0.3) is 0 Å². The first-order valence-electron chi connectivity index (χ1n) is 5.87. The summed E-state index contributed by atoms with van der Waals surface area (Å²) in [7, 11) is 0. The van der Waals surface area contributed by atoms with Crippen molar-refractivity contribution in [1.82, 2.24) is 20.0 Å². The molecule has 0 aliphatic rings. The normalized spacial score (nSPS) is 11.8. The van der Waals surface area contributed by atoms with E-state index in [0.29, 0.717) is 12.2 Å². The van der Waals surface area contributed by atoms with Crippen molar-refractivity contribution in [2.75, 3.05) is 0 Å². The van der Waals surface area contributed by atoms with E-state index in [0.717, 1.165) is 9.88 Å². The molecule has 0 spiro atoms. The summed E-state index contributed by atoms with van der Waals surface area (Å²) in [6.45, 7) is 8.28. The molecule has 0 saturated carbocycles. The van der Waals surface area contributed by atoms with Crippen LogP contribution in [0.3, 0.4) is 0 Å². The molecule has 1 N–H and O–H groups in total. The molecule has 0 aliphatic heterocycles. The van der Waals surface area contributed by atoms with Crippen molar-refractivity contribution in [3.63, 3.8) is 0 Å². The lowest BCUT2D eigenvalue weighted by Gasteiger charge is -2.19.